The summed E-state index contributed by atoms with van der Waals surface area (Å²) in [6.45, 7) is 2.30. The summed E-state index contributed by atoms with van der Waals surface area (Å²) in [6, 6.07) is 7.90. The second kappa shape index (κ2) is 13.1. The number of hydrogen-bond acceptors (Lipinski definition) is 5. The van der Waals surface area contributed by atoms with Crippen LogP contribution in [0, 0.1) is 11.6 Å². The van der Waals surface area contributed by atoms with Crippen LogP contribution in [0.5, 0.6) is 0 Å². The van der Waals surface area contributed by atoms with Gasteiger partial charge in [-0.3, -0.25) is 14.4 Å². The Labute approximate surface area is 257 Å². The molecule has 4 aromatic rings. The maximum absolute atomic E-state index is 14.2. The number of aromatic nitrogens is 3. The van der Waals surface area contributed by atoms with Gasteiger partial charge < -0.3 is 15.2 Å². The Kier molecular flexibility index (Phi) is 9.69. The second-order valence-corrected chi connectivity index (χ2v) is 10.5. The standard InChI is InChI=1S/C29H22Cl2F5N5O3/c1-14(42)13-41-24(15(2)21-10-19(32)4-5-22(21)30)25(39-26(41)28(44)38-12-16-3-6-23(31)37-11-16)40-27(43)17-7-18(29(34,35)36)9-20(33)8-17/h3-11,15H,12-13H2,1-2H3,(H,38,44)(H,40,43)/t15-/m0/s1. The maximum atomic E-state index is 14.2. The lowest BCUT2D eigenvalue weighted by Gasteiger charge is -2.19. The number of carbonyl (C=O) groups excluding carboxylic acids is 3. The monoisotopic (exact) mass is 653 g/mol. The molecule has 2 aromatic heterocycles. The molecule has 0 unspecified atom stereocenters. The molecule has 2 heterocycles. The first-order valence-electron chi connectivity index (χ1n) is 12.8. The minimum absolute atomic E-state index is 0.00630. The molecule has 0 saturated carbocycles. The fourth-order valence-corrected chi connectivity index (χ4v) is 4.78. The highest BCUT2D eigenvalue weighted by Crippen LogP contribution is 2.36. The molecule has 0 aliphatic carbocycles. The van der Waals surface area contributed by atoms with E-state index in [2.05, 4.69) is 20.6 Å². The molecule has 0 saturated heterocycles. The first-order valence-corrected chi connectivity index (χ1v) is 13.5. The second-order valence-electron chi connectivity index (χ2n) is 9.70. The van der Waals surface area contributed by atoms with Crippen molar-refractivity contribution in [2.24, 2.45) is 0 Å². The topological polar surface area (TPSA) is 106 Å². The number of hydrogen-bond donors (Lipinski definition) is 2. The molecule has 0 aliphatic heterocycles. The van der Waals surface area contributed by atoms with Gasteiger partial charge in [-0.15, -0.1) is 0 Å². The minimum Gasteiger partial charge on any atom is -0.345 e. The van der Waals surface area contributed by atoms with Gasteiger partial charge in [0.05, 0.1) is 17.8 Å². The molecule has 0 spiro atoms. The Bertz CT molecular complexity index is 1740. The average molecular weight is 654 g/mol. The summed E-state index contributed by atoms with van der Waals surface area (Å²) in [7, 11) is 0. The summed E-state index contributed by atoms with van der Waals surface area (Å²) in [5, 5.41) is 5.28. The Morgan fingerprint density at radius 2 is 1.70 bits per heavy atom. The van der Waals surface area contributed by atoms with E-state index in [1.165, 1.54) is 36.7 Å². The molecule has 1 atom stereocenters. The van der Waals surface area contributed by atoms with Crippen LogP contribution in [-0.2, 0) is 24.1 Å². The van der Waals surface area contributed by atoms with E-state index < -0.39 is 59.0 Å². The van der Waals surface area contributed by atoms with Crippen LogP contribution in [0.2, 0.25) is 10.2 Å². The molecule has 0 bridgehead atoms. The molecule has 0 radical (unpaired) electrons. The van der Waals surface area contributed by atoms with Crippen molar-refractivity contribution in [2.45, 2.75) is 39.0 Å². The number of rotatable bonds is 9. The van der Waals surface area contributed by atoms with Gasteiger partial charge in [-0.1, -0.05) is 36.2 Å². The molecule has 2 aromatic carbocycles. The number of anilines is 1. The number of ketones is 1. The molecule has 0 aliphatic rings. The highest BCUT2D eigenvalue weighted by Gasteiger charge is 2.33. The van der Waals surface area contributed by atoms with Gasteiger partial charge in [-0.25, -0.2) is 18.7 Å². The van der Waals surface area contributed by atoms with E-state index in [9.17, 15) is 36.3 Å². The molecular weight excluding hydrogens is 632 g/mol. The molecule has 2 amide bonds. The third kappa shape index (κ3) is 7.58. The number of imidazole rings is 1. The third-order valence-corrected chi connectivity index (χ3v) is 6.95. The van der Waals surface area contributed by atoms with Crippen LogP contribution in [0.15, 0.2) is 54.7 Å². The van der Waals surface area contributed by atoms with Crippen LogP contribution in [-0.4, -0.2) is 32.1 Å². The number of carbonyl (C=O) groups is 3. The zero-order valence-corrected chi connectivity index (χ0v) is 24.4. The molecule has 44 heavy (non-hydrogen) atoms. The van der Waals surface area contributed by atoms with Gasteiger partial charge in [0.2, 0.25) is 5.82 Å². The fourth-order valence-electron chi connectivity index (χ4n) is 4.38. The SMILES string of the molecule is CC(=O)Cn1c(C(=O)NCc2ccc(Cl)nc2)nc(NC(=O)c2cc(F)cc(C(F)(F)F)c2)c1[C@@H](C)c1cc(F)ccc1Cl. The van der Waals surface area contributed by atoms with Crippen LogP contribution in [0.1, 0.15) is 63.1 Å². The zero-order chi connectivity index (χ0) is 32.3. The molecule has 4 rings (SSSR count). The molecular formula is C29H22Cl2F5N5O3. The zero-order valence-electron chi connectivity index (χ0n) is 22.9. The average Bonchev–Trinajstić information content (AvgIpc) is 3.29. The number of benzene rings is 2. The van der Waals surface area contributed by atoms with Crippen molar-refractivity contribution in [1.82, 2.24) is 19.9 Å². The van der Waals surface area contributed by atoms with E-state index in [1.807, 2.05) is 0 Å². The Morgan fingerprint density at radius 3 is 2.34 bits per heavy atom. The lowest BCUT2D eigenvalue weighted by atomic mass is 9.96. The Hall–Kier alpha value is -4.36. The first kappa shape index (κ1) is 32.6. The smallest absolute Gasteiger partial charge is 0.345 e. The lowest BCUT2D eigenvalue weighted by Crippen LogP contribution is -2.28. The summed E-state index contributed by atoms with van der Waals surface area (Å²) in [6.07, 6.45) is -3.52. The van der Waals surface area contributed by atoms with E-state index in [1.54, 1.807) is 6.07 Å². The van der Waals surface area contributed by atoms with Gasteiger partial charge in [-0.2, -0.15) is 13.2 Å². The Balaban J connectivity index is 1.82. The summed E-state index contributed by atoms with van der Waals surface area (Å²) in [4.78, 5) is 47.0. The largest absolute Gasteiger partial charge is 0.416 e. The van der Waals surface area contributed by atoms with E-state index in [0.717, 1.165) is 12.1 Å². The highest BCUT2D eigenvalue weighted by molar-refractivity contribution is 6.31. The van der Waals surface area contributed by atoms with Crippen molar-refractivity contribution >= 4 is 46.6 Å². The number of nitrogens with one attached hydrogen (secondary N) is 2. The van der Waals surface area contributed by atoms with Gasteiger partial charge in [-0.05, 0) is 60.5 Å². The molecule has 0 fully saturated rings. The van der Waals surface area contributed by atoms with E-state index >= 15 is 0 Å². The highest BCUT2D eigenvalue weighted by atomic mass is 35.5. The van der Waals surface area contributed by atoms with Gasteiger partial charge >= 0.3 is 6.18 Å². The predicted octanol–water partition coefficient (Wildman–Crippen LogP) is 6.81. The van der Waals surface area contributed by atoms with E-state index in [0.29, 0.717) is 17.7 Å². The third-order valence-electron chi connectivity index (χ3n) is 6.39. The molecule has 230 valence electrons. The van der Waals surface area contributed by atoms with Crippen molar-refractivity contribution in [3.8, 4) is 0 Å². The number of nitrogens with zero attached hydrogens (tertiary/aromatic N) is 3. The van der Waals surface area contributed by atoms with Crippen molar-refractivity contribution in [1.29, 1.82) is 0 Å². The normalized spacial score (nSPS) is 12.1. The van der Waals surface area contributed by atoms with Crippen LogP contribution in [0.4, 0.5) is 27.8 Å². The van der Waals surface area contributed by atoms with Crippen LogP contribution in [0.25, 0.3) is 0 Å². The van der Waals surface area contributed by atoms with Crippen molar-refractivity contribution in [3.63, 3.8) is 0 Å². The van der Waals surface area contributed by atoms with Crippen LogP contribution >= 0.6 is 23.2 Å². The number of Topliss-reactive ketones (excluding diaryl/α,β-unsaturated/α-hetero) is 1. The summed E-state index contributed by atoms with van der Waals surface area (Å²) in [5.41, 5.74) is -1.33. The molecule has 15 heteroatoms. The van der Waals surface area contributed by atoms with Crippen LogP contribution in [0.3, 0.4) is 0 Å². The quantitative estimate of drug-likeness (QED) is 0.153. The Morgan fingerprint density at radius 1 is 0.977 bits per heavy atom. The summed E-state index contributed by atoms with van der Waals surface area (Å²) < 4.78 is 69.4. The molecule has 2 N–H and O–H groups in total. The van der Waals surface area contributed by atoms with Crippen LogP contribution < -0.4 is 10.6 Å². The molecule has 8 nitrogen and oxygen atoms in total. The first-order chi connectivity index (χ1) is 20.6. The number of halogens is 7. The van der Waals surface area contributed by atoms with Gasteiger partial charge in [0.15, 0.2) is 5.82 Å². The van der Waals surface area contributed by atoms with E-state index in [-0.39, 0.29) is 45.7 Å². The summed E-state index contributed by atoms with van der Waals surface area (Å²) >= 11 is 12.1. The predicted molar refractivity (Wildman–Crippen MR) is 152 cm³/mol. The van der Waals surface area contributed by atoms with Gasteiger partial charge in [0.1, 0.15) is 22.6 Å². The fraction of sp³-hybridized carbons (Fsp3) is 0.207. The van der Waals surface area contributed by atoms with Crippen molar-refractivity contribution in [2.75, 3.05) is 5.32 Å². The number of amides is 2. The minimum atomic E-state index is -4.95. The maximum Gasteiger partial charge on any atom is 0.416 e. The van der Waals surface area contributed by atoms with E-state index in [4.69, 9.17) is 23.2 Å². The lowest BCUT2D eigenvalue weighted by molar-refractivity contribution is -0.137. The van der Waals surface area contributed by atoms with Crippen molar-refractivity contribution < 1.29 is 36.3 Å². The number of pyridine rings is 1. The van der Waals surface area contributed by atoms with Gasteiger partial charge in [0.25, 0.3) is 11.8 Å². The number of alkyl halides is 3. The van der Waals surface area contributed by atoms with Crippen molar-refractivity contribution in [3.05, 3.63) is 110 Å². The van der Waals surface area contributed by atoms with Gasteiger partial charge in [0, 0.05) is 29.2 Å². The summed E-state index contributed by atoms with van der Waals surface area (Å²) in [5.74, 6) is -6.04.